The fraction of sp³-hybridized carbons (Fsp3) is 0.500. The molecule has 0 saturated carbocycles. The van der Waals surface area contributed by atoms with Crippen LogP contribution < -0.4 is 4.74 Å². The average molecular weight is 378 g/mol. The SMILES string of the molecule is COc1ccc([C@H]2CCCCCN2C(=O)[C@H](C)Sc2nncs2)cc1. The van der Waals surface area contributed by atoms with Gasteiger partial charge in [-0.25, -0.2) is 0 Å². The molecule has 0 N–H and O–H groups in total. The van der Waals surface area contributed by atoms with E-state index < -0.39 is 0 Å². The van der Waals surface area contributed by atoms with E-state index in [2.05, 4.69) is 27.2 Å². The zero-order valence-electron chi connectivity index (χ0n) is 14.6. The van der Waals surface area contributed by atoms with Crippen molar-refractivity contribution in [1.82, 2.24) is 15.1 Å². The van der Waals surface area contributed by atoms with Crippen molar-refractivity contribution in [3.05, 3.63) is 35.3 Å². The van der Waals surface area contributed by atoms with Gasteiger partial charge in [0.15, 0.2) is 4.34 Å². The molecule has 3 rings (SSSR count). The van der Waals surface area contributed by atoms with Gasteiger partial charge in [0.25, 0.3) is 0 Å². The summed E-state index contributed by atoms with van der Waals surface area (Å²) in [6.07, 6.45) is 4.40. The molecular formula is C18H23N3O2S2. The van der Waals surface area contributed by atoms with Crippen molar-refractivity contribution in [2.24, 2.45) is 0 Å². The Balaban J connectivity index is 1.77. The Morgan fingerprint density at radius 2 is 2.12 bits per heavy atom. The smallest absolute Gasteiger partial charge is 0.236 e. The van der Waals surface area contributed by atoms with Gasteiger partial charge in [0.05, 0.1) is 18.4 Å². The van der Waals surface area contributed by atoms with Crippen LogP contribution in [0.2, 0.25) is 0 Å². The zero-order valence-corrected chi connectivity index (χ0v) is 16.2. The number of carbonyl (C=O) groups is 1. The number of hydrogen-bond acceptors (Lipinski definition) is 6. The number of likely N-dealkylation sites (tertiary alicyclic amines) is 1. The largest absolute Gasteiger partial charge is 0.497 e. The van der Waals surface area contributed by atoms with Crippen LogP contribution in [0.4, 0.5) is 0 Å². The van der Waals surface area contributed by atoms with Crippen LogP contribution >= 0.6 is 23.1 Å². The van der Waals surface area contributed by atoms with Crippen LogP contribution in [-0.2, 0) is 4.79 Å². The lowest BCUT2D eigenvalue weighted by atomic mass is 10.0. The average Bonchev–Trinajstić information content (AvgIpc) is 3.03. The van der Waals surface area contributed by atoms with Gasteiger partial charge in [-0.15, -0.1) is 10.2 Å². The lowest BCUT2D eigenvalue weighted by molar-refractivity contribution is -0.132. The monoisotopic (exact) mass is 377 g/mol. The summed E-state index contributed by atoms with van der Waals surface area (Å²) in [6, 6.07) is 8.25. The topological polar surface area (TPSA) is 55.3 Å². The van der Waals surface area contributed by atoms with Crippen molar-refractivity contribution >= 4 is 29.0 Å². The second-order valence-electron chi connectivity index (χ2n) is 6.13. The third kappa shape index (κ3) is 4.52. The maximum atomic E-state index is 13.1. The van der Waals surface area contributed by atoms with Gasteiger partial charge < -0.3 is 9.64 Å². The molecular weight excluding hydrogens is 354 g/mol. The minimum absolute atomic E-state index is 0.137. The Morgan fingerprint density at radius 1 is 1.32 bits per heavy atom. The quantitative estimate of drug-likeness (QED) is 0.732. The molecule has 2 heterocycles. The maximum absolute atomic E-state index is 13.1. The van der Waals surface area contributed by atoms with Crippen LogP contribution in [0.5, 0.6) is 5.75 Å². The normalized spacial score (nSPS) is 19.3. The summed E-state index contributed by atoms with van der Waals surface area (Å²) in [6.45, 7) is 2.78. The Kier molecular flexibility index (Phi) is 6.31. The fourth-order valence-corrected chi connectivity index (χ4v) is 4.89. The van der Waals surface area contributed by atoms with E-state index in [9.17, 15) is 4.79 Å². The van der Waals surface area contributed by atoms with E-state index in [1.807, 2.05) is 19.1 Å². The number of nitrogens with zero attached hydrogens (tertiary/aromatic N) is 3. The summed E-state index contributed by atoms with van der Waals surface area (Å²) < 4.78 is 6.10. The first-order valence-electron chi connectivity index (χ1n) is 8.56. The molecule has 1 saturated heterocycles. The van der Waals surface area contributed by atoms with Crippen molar-refractivity contribution in [3.63, 3.8) is 0 Å². The van der Waals surface area contributed by atoms with Crippen LogP contribution in [0.1, 0.15) is 44.2 Å². The van der Waals surface area contributed by atoms with Crippen molar-refractivity contribution in [1.29, 1.82) is 0 Å². The molecule has 1 amide bonds. The summed E-state index contributed by atoms with van der Waals surface area (Å²) in [5.74, 6) is 1.03. The number of benzene rings is 1. The summed E-state index contributed by atoms with van der Waals surface area (Å²) in [5.41, 5.74) is 2.88. The van der Waals surface area contributed by atoms with E-state index in [0.717, 1.165) is 35.9 Å². The second-order valence-corrected chi connectivity index (χ2v) is 8.56. The minimum Gasteiger partial charge on any atom is -0.497 e. The first-order valence-corrected chi connectivity index (χ1v) is 10.3. The van der Waals surface area contributed by atoms with Gasteiger partial charge in [-0.3, -0.25) is 4.79 Å². The van der Waals surface area contributed by atoms with Gasteiger partial charge in [-0.1, -0.05) is 48.1 Å². The lowest BCUT2D eigenvalue weighted by Gasteiger charge is -2.32. The molecule has 7 heteroatoms. The molecule has 25 heavy (non-hydrogen) atoms. The Morgan fingerprint density at radius 3 is 2.80 bits per heavy atom. The highest BCUT2D eigenvalue weighted by atomic mass is 32.2. The highest BCUT2D eigenvalue weighted by Gasteiger charge is 2.30. The van der Waals surface area contributed by atoms with E-state index in [4.69, 9.17) is 4.74 Å². The Bertz CT molecular complexity index is 676. The van der Waals surface area contributed by atoms with Gasteiger partial charge in [-0.2, -0.15) is 0 Å². The summed E-state index contributed by atoms with van der Waals surface area (Å²) in [4.78, 5) is 15.2. The van der Waals surface area contributed by atoms with Crippen molar-refractivity contribution in [2.75, 3.05) is 13.7 Å². The van der Waals surface area contributed by atoms with Gasteiger partial charge in [0.2, 0.25) is 5.91 Å². The van der Waals surface area contributed by atoms with Crippen molar-refractivity contribution in [3.8, 4) is 5.75 Å². The van der Waals surface area contributed by atoms with Crippen LogP contribution in [0.15, 0.2) is 34.1 Å². The number of ether oxygens (including phenoxy) is 1. The predicted molar refractivity (Wildman–Crippen MR) is 101 cm³/mol. The molecule has 0 unspecified atom stereocenters. The highest BCUT2D eigenvalue weighted by molar-refractivity contribution is 8.02. The van der Waals surface area contributed by atoms with Gasteiger partial charge in [0.1, 0.15) is 11.3 Å². The number of amides is 1. The first kappa shape index (κ1) is 18.2. The van der Waals surface area contributed by atoms with Gasteiger partial charge in [0, 0.05) is 6.54 Å². The standard InChI is InChI=1S/C18H23N3O2S2/c1-13(25-18-20-19-12-24-18)17(22)21-11-5-3-4-6-16(21)14-7-9-15(23-2)10-8-14/h7-10,12-13,16H,3-6,11H2,1-2H3/t13-,16+/m0/s1. The number of rotatable bonds is 5. The predicted octanol–water partition coefficient (Wildman–Crippen LogP) is 4.17. The molecule has 1 aliphatic rings. The molecule has 1 aliphatic heterocycles. The second kappa shape index (κ2) is 8.67. The molecule has 0 spiro atoms. The summed E-state index contributed by atoms with van der Waals surface area (Å²) in [5, 5.41) is 7.74. The molecule has 1 fully saturated rings. The fourth-order valence-electron chi connectivity index (χ4n) is 3.19. The summed E-state index contributed by atoms with van der Waals surface area (Å²) in [7, 11) is 1.67. The maximum Gasteiger partial charge on any atom is 0.236 e. The number of thioether (sulfide) groups is 1. The van der Waals surface area contributed by atoms with Gasteiger partial charge in [-0.05, 0) is 37.5 Å². The van der Waals surface area contributed by atoms with E-state index >= 15 is 0 Å². The molecule has 5 nitrogen and oxygen atoms in total. The number of aromatic nitrogens is 2. The van der Waals surface area contributed by atoms with Crippen LogP contribution in [0.3, 0.4) is 0 Å². The third-order valence-electron chi connectivity index (χ3n) is 4.50. The Labute approximate surface area is 156 Å². The zero-order chi connectivity index (χ0) is 17.6. The molecule has 134 valence electrons. The van der Waals surface area contributed by atoms with Gasteiger partial charge >= 0.3 is 0 Å². The highest BCUT2D eigenvalue weighted by Crippen LogP contribution is 2.34. The molecule has 0 aliphatic carbocycles. The number of methoxy groups -OCH3 is 1. The molecule has 1 aromatic heterocycles. The van der Waals surface area contributed by atoms with E-state index in [1.54, 1.807) is 12.6 Å². The lowest BCUT2D eigenvalue weighted by Crippen LogP contribution is -2.39. The van der Waals surface area contributed by atoms with Crippen LogP contribution in [-0.4, -0.2) is 39.9 Å². The molecule has 2 aromatic rings. The van der Waals surface area contributed by atoms with Crippen LogP contribution in [0.25, 0.3) is 0 Å². The third-order valence-corrected chi connectivity index (χ3v) is 6.40. The van der Waals surface area contributed by atoms with E-state index in [1.165, 1.54) is 35.1 Å². The molecule has 0 bridgehead atoms. The van der Waals surface area contributed by atoms with Crippen molar-refractivity contribution < 1.29 is 9.53 Å². The van der Waals surface area contributed by atoms with E-state index in [0.29, 0.717) is 0 Å². The number of hydrogen-bond donors (Lipinski definition) is 0. The van der Waals surface area contributed by atoms with Crippen molar-refractivity contribution in [2.45, 2.75) is 48.2 Å². The van der Waals surface area contributed by atoms with E-state index in [-0.39, 0.29) is 17.2 Å². The Hall–Kier alpha value is -1.60. The molecule has 2 atom stereocenters. The first-order chi connectivity index (χ1) is 12.2. The summed E-state index contributed by atoms with van der Waals surface area (Å²) >= 11 is 2.97. The van der Waals surface area contributed by atoms with Crippen LogP contribution in [0, 0.1) is 0 Å². The molecule has 0 radical (unpaired) electrons. The minimum atomic E-state index is -0.160. The molecule has 1 aromatic carbocycles. The number of carbonyl (C=O) groups excluding carboxylic acids is 1.